The monoisotopic (exact) mass is 1520 g/mol. The number of nitrogens with zero attached hydrogens (tertiary/aromatic N) is 14. The molecule has 0 amide bonds. The summed E-state index contributed by atoms with van der Waals surface area (Å²) < 4.78 is 31.4. The average Bonchev–Trinajstić information content (AvgIpc) is 1.67. The number of aliphatic hydroxyl groups is 1. The van der Waals surface area contributed by atoms with Crippen molar-refractivity contribution in [1.29, 1.82) is 0 Å². The fourth-order valence-electron chi connectivity index (χ4n) is 13.5. The molecule has 0 spiro atoms. The van der Waals surface area contributed by atoms with Crippen LogP contribution in [0.15, 0.2) is 298 Å². The van der Waals surface area contributed by atoms with Gasteiger partial charge in [0.25, 0.3) is 0 Å². The molecule has 22 heteroatoms. The number of carbonyl (C=O) groups excluding carboxylic acids is 1. The van der Waals surface area contributed by atoms with Gasteiger partial charge in [0, 0.05) is 59.6 Å². The van der Waals surface area contributed by atoms with Crippen molar-refractivity contribution in [2.75, 3.05) is 26.2 Å². The van der Waals surface area contributed by atoms with E-state index in [-0.39, 0.29) is 6.61 Å². The molecule has 2 aliphatic rings. The number of pyridine rings is 4. The number of fused-ring (bicyclic) bond motifs is 4. The molecule has 0 bridgehead atoms. The zero-order valence-corrected chi connectivity index (χ0v) is 63.3. The average molecular weight is 1520 g/mol. The van der Waals surface area contributed by atoms with Crippen molar-refractivity contribution in [2.45, 2.75) is 91.7 Å². The van der Waals surface area contributed by atoms with E-state index in [2.05, 4.69) is 120 Å². The number of hydrogen-bond acceptors (Lipinski definition) is 18. The van der Waals surface area contributed by atoms with Crippen LogP contribution in [-0.4, -0.2) is 112 Å². The lowest BCUT2D eigenvalue weighted by Crippen LogP contribution is -2.18. The molecule has 10 heterocycles. The molecule has 0 radical (unpaired) electrons. The van der Waals surface area contributed by atoms with Crippen LogP contribution >= 0.6 is 0 Å². The zero-order chi connectivity index (χ0) is 77.7. The Bertz CT molecular complexity index is 5720. The first-order chi connectivity index (χ1) is 56.3. The first kappa shape index (κ1) is 77.8. The Morgan fingerprint density at radius 3 is 1.04 bits per heavy atom. The smallest absolute Gasteiger partial charge is 0.150 e. The molecule has 18 rings (SSSR count). The van der Waals surface area contributed by atoms with E-state index in [1.807, 2.05) is 190 Å². The van der Waals surface area contributed by atoms with E-state index in [9.17, 15) is 9.90 Å². The third kappa shape index (κ3) is 21.6. The van der Waals surface area contributed by atoms with Gasteiger partial charge in [-0.1, -0.05) is 96.2 Å². The number of imidazole rings is 4. The molecule has 8 aromatic carbocycles. The zero-order valence-electron chi connectivity index (χ0n) is 63.3. The molecule has 2 fully saturated rings. The third-order valence-corrected chi connectivity index (χ3v) is 19.2. The van der Waals surface area contributed by atoms with Crippen LogP contribution in [0, 0.1) is 0 Å². The van der Waals surface area contributed by atoms with E-state index >= 15 is 0 Å². The molecule has 22 nitrogen and oxygen atoms in total. The summed E-state index contributed by atoms with van der Waals surface area (Å²) in [4.78, 5) is 48.5. The van der Waals surface area contributed by atoms with Crippen LogP contribution in [0.4, 0.5) is 0 Å². The van der Waals surface area contributed by atoms with E-state index in [4.69, 9.17) is 24.2 Å². The molecule has 0 unspecified atom stereocenters. The molecule has 8 aromatic heterocycles. The molecule has 3 N–H and O–H groups in total. The molecular formula is C92H89N15O7. The number of aromatic nitrogens is 12. The first-order valence-electron chi connectivity index (χ1n) is 38.2. The highest BCUT2D eigenvalue weighted by Crippen LogP contribution is 2.27. The Balaban J connectivity index is 0.000000123. The second kappa shape index (κ2) is 40.3. The van der Waals surface area contributed by atoms with Crippen LogP contribution < -0.4 is 5.32 Å². The molecule has 0 saturated carbocycles. The van der Waals surface area contributed by atoms with Gasteiger partial charge in [-0.2, -0.15) is 0 Å². The van der Waals surface area contributed by atoms with Crippen molar-refractivity contribution in [3.63, 3.8) is 0 Å². The maximum atomic E-state index is 10.9. The number of likely N-dealkylation sites (tertiary alicyclic amines) is 1. The molecule has 114 heavy (non-hydrogen) atoms. The second-order valence-corrected chi connectivity index (χ2v) is 27.5. The fourth-order valence-corrected chi connectivity index (χ4v) is 13.5. The van der Waals surface area contributed by atoms with Gasteiger partial charge in [-0.05, 0) is 242 Å². The van der Waals surface area contributed by atoms with Crippen molar-refractivity contribution < 1.29 is 34.1 Å². The Kier molecular flexibility index (Phi) is 27.5. The highest BCUT2D eigenvalue weighted by molar-refractivity contribution is 5.88. The highest BCUT2D eigenvalue weighted by atomic mass is 16.5. The van der Waals surface area contributed by atoms with Gasteiger partial charge in [-0.25, -0.2) is 19.9 Å². The summed E-state index contributed by atoms with van der Waals surface area (Å²) in [6.07, 6.45) is 22.0. The number of benzene rings is 8. The van der Waals surface area contributed by atoms with Crippen LogP contribution in [0.25, 0.3) is 66.9 Å². The lowest BCUT2D eigenvalue weighted by atomic mass is 10.1. The third-order valence-electron chi connectivity index (χ3n) is 19.2. The predicted octanol–water partition coefficient (Wildman–Crippen LogP) is 16.6. The van der Waals surface area contributed by atoms with Gasteiger partial charge in [0.05, 0.1) is 133 Å². The Morgan fingerprint density at radius 1 is 0.351 bits per heavy atom. The predicted molar refractivity (Wildman–Crippen MR) is 443 cm³/mol. The molecular weight excluding hydrogens is 1430 g/mol. The van der Waals surface area contributed by atoms with Crippen molar-refractivity contribution in [1.82, 2.24) is 68.4 Å². The Morgan fingerprint density at radius 2 is 0.702 bits per heavy atom. The van der Waals surface area contributed by atoms with E-state index in [1.54, 1.807) is 55.9 Å². The van der Waals surface area contributed by atoms with Gasteiger partial charge in [0.15, 0.2) is 0 Å². The van der Waals surface area contributed by atoms with E-state index in [0.29, 0.717) is 58.4 Å². The van der Waals surface area contributed by atoms with Crippen molar-refractivity contribution in [2.24, 2.45) is 5.16 Å². The van der Waals surface area contributed by atoms with E-state index in [0.717, 1.165) is 136 Å². The number of ether oxygens (including phenoxy) is 4. The number of hydrogen-bond donors (Lipinski definition) is 3. The van der Waals surface area contributed by atoms with Crippen LogP contribution in [0.3, 0.4) is 0 Å². The molecule has 16 aromatic rings. The Labute approximate surface area is 661 Å². The van der Waals surface area contributed by atoms with Gasteiger partial charge < -0.3 is 34.6 Å². The quantitative estimate of drug-likeness (QED) is 0.0208. The van der Waals surface area contributed by atoms with Crippen molar-refractivity contribution in [3.8, 4) is 22.7 Å². The van der Waals surface area contributed by atoms with E-state index < -0.39 is 0 Å². The minimum atomic E-state index is 0.0197. The standard InChI is InChI=1S/C25H26N4O.C21H18N4O2.C21H19N3O2.C21H17N3O2.C4H9N/c1-2-11-26-22(7-1)18-30-17-21-6-5-8-23(14-21)29-19-27-24-15-20(9-10-25(24)29)16-28-12-3-4-13-28;26-24-12-16-7-8-21-20(11-16)23-15-25(21)19-6-3-4-17(10-19)13-27-14-18-5-1-2-9-22-18;2*25-12-16-7-8-21-20(11-16)23-15-24(21)19-6-3-4-17(10-19)13-26-14-18-5-1-2-9-22-18;1-2-4-5-3-1/h1-2,5-11,14-15,19H,3-4,12-13,16-18H2;1-12,15,26H,13-14H2;1-11,15,25H,12-14H2;1-12,15H,13-14H2;5H,1-4H2/b;24-12+;;;. The largest absolute Gasteiger partial charge is 0.411 e. The van der Waals surface area contributed by atoms with E-state index in [1.165, 1.54) is 63.6 Å². The minimum absolute atomic E-state index is 0.0197. The topological polar surface area (TPSA) is 245 Å². The lowest BCUT2D eigenvalue weighted by molar-refractivity contribution is 0.104. The maximum Gasteiger partial charge on any atom is 0.150 e. The van der Waals surface area contributed by atoms with Crippen LogP contribution in [0.1, 0.15) is 97.8 Å². The number of oxime groups is 1. The summed E-state index contributed by atoms with van der Waals surface area (Å²) in [5, 5.41) is 24.2. The summed E-state index contributed by atoms with van der Waals surface area (Å²) in [6, 6.07) is 79.9. The molecule has 2 saturated heterocycles. The van der Waals surface area contributed by atoms with Gasteiger partial charge in [0.2, 0.25) is 0 Å². The van der Waals surface area contributed by atoms with Crippen LogP contribution in [0.2, 0.25) is 0 Å². The highest BCUT2D eigenvalue weighted by Gasteiger charge is 2.16. The molecule has 2 aliphatic heterocycles. The number of aliphatic hydroxyl groups excluding tert-OH is 1. The molecule has 0 atom stereocenters. The normalized spacial score (nSPS) is 12.6. The molecule has 0 aliphatic carbocycles. The summed E-state index contributed by atoms with van der Waals surface area (Å²) in [5.41, 5.74) is 23.5. The summed E-state index contributed by atoms with van der Waals surface area (Å²) >= 11 is 0. The summed E-state index contributed by atoms with van der Waals surface area (Å²) in [7, 11) is 0. The van der Waals surface area contributed by atoms with Gasteiger partial charge in [-0.15, -0.1) is 0 Å². The SMILES string of the molecule is C1CCNC1.O/N=C/c1ccc2c(c1)ncn2-c1cccc(COCc2ccccn2)c1.O=Cc1ccc2c(c1)ncn2-c1cccc(COCc2ccccn2)c1.OCc1ccc2c(c1)ncn2-c1cccc(COCc2ccccn2)c1.c1ccc(COCc2cccc(-n3cnc4cc(CN5CCCC5)ccc43)c2)nc1. The van der Waals surface area contributed by atoms with Crippen LogP contribution in [0.5, 0.6) is 0 Å². The number of carbonyl (C=O) groups is 1. The van der Waals surface area contributed by atoms with Crippen molar-refractivity contribution >= 4 is 56.6 Å². The number of rotatable bonds is 25. The first-order valence-corrected chi connectivity index (χ1v) is 38.2. The Hall–Kier alpha value is -12.9. The number of aldehydes is 1. The molecule has 574 valence electrons. The lowest BCUT2D eigenvalue weighted by Gasteiger charge is -2.14. The van der Waals surface area contributed by atoms with Gasteiger partial charge in [-0.3, -0.25) is 47.9 Å². The van der Waals surface area contributed by atoms with Gasteiger partial charge in [0.1, 0.15) is 31.6 Å². The minimum Gasteiger partial charge on any atom is -0.411 e. The van der Waals surface area contributed by atoms with Crippen LogP contribution in [-0.2, 0) is 85.0 Å². The van der Waals surface area contributed by atoms with Gasteiger partial charge >= 0.3 is 0 Å². The fraction of sp³-hybridized carbons (Fsp3) is 0.196. The summed E-state index contributed by atoms with van der Waals surface area (Å²) in [5.74, 6) is 0. The second-order valence-electron chi connectivity index (χ2n) is 27.5. The summed E-state index contributed by atoms with van der Waals surface area (Å²) in [6.45, 7) is 10.0. The number of nitrogens with one attached hydrogen (secondary N) is 1. The maximum absolute atomic E-state index is 10.9. The van der Waals surface area contributed by atoms with Crippen molar-refractivity contribution in [3.05, 3.63) is 360 Å².